The van der Waals surface area contributed by atoms with E-state index < -0.39 is 0 Å². The molecule has 0 fully saturated rings. The van der Waals surface area contributed by atoms with E-state index in [2.05, 4.69) is 50.1 Å². The lowest BCUT2D eigenvalue weighted by molar-refractivity contribution is 0.516. The smallest absolute Gasteiger partial charge is 0.250 e. The second-order valence-electron chi connectivity index (χ2n) is 7.34. The fourth-order valence-electron chi connectivity index (χ4n) is 3.16. The summed E-state index contributed by atoms with van der Waals surface area (Å²) >= 11 is 0. The van der Waals surface area contributed by atoms with Crippen LogP contribution in [0.5, 0.6) is 0 Å². The lowest BCUT2D eigenvalue weighted by atomic mass is 9.98. The van der Waals surface area contributed by atoms with Crippen LogP contribution in [-0.4, -0.2) is 14.3 Å². The van der Waals surface area contributed by atoms with Crippen LogP contribution in [0.2, 0.25) is 0 Å². The Morgan fingerprint density at radius 3 is 2.48 bits per heavy atom. The van der Waals surface area contributed by atoms with Crippen LogP contribution in [0, 0.1) is 5.92 Å². The zero-order valence-corrected chi connectivity index (χ0v) is 16.6. The predicted molar refractivity (Wildman–Crippen MR) is 111 cm³/mol. The quantitative estimate of drug-likeness (QED) is 0.559. The van der Waals surface area contributed by atoms with Gasteiger partial charge in [-0.05, 0) is 42.4 Å². The van der Waals surface area contributed by atoms with E-state index in [4.69, 9.17) is 0 Å². The molecule has 142 valence electrons. The summed E-state index contributed by atoms with van der Waals surface area (Å²) in [5.41, 5.74) is 4.56. The van der Waals surface area contributed by atoms with Crippen LogP contribution in [0.25, 0.3) is 16.8 Å². The Hall–Kier alpha value is -2.62. The van der Waals surface area contributed by atoms with Crippen molar-refractivity contribution in [1.82, 2.24) is 14.3 Å². The first kappa shape index (κ1) is 19.2. The predicted octanol–water partition coefficient (Wildman–Crippen LogP) is 5.09. The minimum atomic E-state index is 0.0287. The average molecular weight is 364 g/mol. The Morgan fingerprint density at radius 2 is 1.78 bits per heavy atom. The van der Waals surface area contributed by atoms with Crippen LogP contribution in [-0.2, 0) is 13.0 Å². The minimum absolute atomic E-state index is 0.0287. The summed E-state index contributed by atoms with van der Waals surface area (Å²) in [6.07, 6.45) is 10.3. The number of nitrogens with zero attached hydrogens (tertiary/aromatic N) is 3. The minimum Gasteiger partial charge on any atom is -0.313 e. The van der Waals surface area contributed by atoms with Crippen molar-refractivity contribution >= 4 is 0 Å². The molecule has 2 heterocycles. The van der Waals surface area contributed by atoms with E-state index in [0.717, 1.165) is 42.1 Å². The first-order chi connectivity index (χ1) is 13.1. The Kier molecular flexibility index (Phi) is 6.28. The molecule has 0 amide bonds. The van der Waals surface area contributed by atoms with Gasteiger partial charge in [0.1, 0.15) is 0 Å². The monoisotopic (exact) mass is 363 g/mol. The molecule has 4 heteroatoms. The molecule has 27 heavy (non-hydrogen) atoms. The third kappa shape index (κ3) is 4.76. The molecule has 0 aliphatic heterocycles. The Labute approximate surface area is 161 Å². The fraction of sp³-hybridized carbons (Fsp3) is 0.391. The van der Waals surface area contributed by atoms with E-state index in [9.17, 15) is 4.79 Å². The fourth-order valence-corrected chi connectivity index (χ4v) is 3.16. The van der Waals surface area contributed by atoms with Gasteiger partial charge in [-0.3, -0.25) is 4.79 Å². The zero-order chi connectivity index (χ0) is 19.2. The van der Waals surface area contributed by atoms with Crippen LogP contribution < -0.4 is 5.56 Å². The number of hydrogen-bond donors (Lipinski definition) is 0. The van der Waals surface area contributed by atoms with E-state index in [-0.39, 0.29) is 5.56 Å². The number of rotatable bonds is 8. The lowest BCUT2D eigenvalue weighted by Crippen LogP contribution is -2.19. The number of aromatic nitrogens is 3. The van der Waals surface area contributed by atoms with Crippen molar-refractivity contribution in [1.29, 1.82) is 0 Å². The SMILES string of the molecule is CCCn1cc(-n2cc(-c3ccc(CCC(C)CC)cc3)cn2)ccc1=O. The summed E-state index contributed by atoms with van der Waals surface area (Å²) in [7, 11) is 0. The molecule has 0 radical (unpaired) electrons. The van der Waals surface area contributed by atoms with Crippen LogP contribution in [0.15, 0.2) is 59.8 Å². The van der Waals surface area contributed by atoms with Crippen molar-refractivity contribution < 1.29 is 0 Å². The van der Waals surface area contributed by atoms with Crippen LogP contribution in [0.3, 0.4) is 0 Å². The van der Waals surface area contributed by atoms with Gasteiger partial charge in [-0.2, -0.15) is 5.10 Å². The Balaban J connectivity index is 1.76. The first-order valence-corrected chi connectivity index (χ1v) is 9.95. The maximum atomic E-state index is 11.9. The van der Waals surface area contributed by atoms with Gasteiger partial charge in [-0.15, -0.1) is 0 Å². The maximum Gasteiger partial charge on any atom is 0.250 e. The van der Waals surface area contributed by atoms with E-state index in [1.54, 1.807) is 10.6 Å². The molecule has 2 aromatic heterocycles. The molecule has 0 aliphatic rings. The van der Waals surface area contributed by atoms with E-state index in [1.807, 2.05) is 29.3 Å². The van der Waals surface area contributed by atoms with Gasteiger partial charge in [0.25, 0.3) is 5.56 Å². The van der Waals surface area contributed by atoms with Gasteiger partial charge < -0.3 is 4.57 Å². The van der Waals surface area contributed by atoms with E-state index in [0.29, 0.717) is 0 Å². The van der Waals surface area contributed by atoms with Gasteiger partial charge in [-0.1, -0.05) is 51.5 Å². The van der Waals surface area contributed by atoms with Gasteiger partial charge in [0.05, 0.1) is 11.9 Å². The lowest BCUT2D eigenvalue weighted by Gasteiger charge is -2.08. The van der Waals surface area contributed by atoms with Gasteiger partial charge >= 0.3 is 0 Å². The van der Waals surface area contributed by atoms with Gasteiger partial charge in [0.15, 0.2) is 0 Å². The van der Waals surface area contributed by atoms with Crippen molar-refractivity contribution in [3.8, 4) is 16.8 Å². The number of aryl methyl sites for hydroxylation is 2. The van der Waals surface area contributed by atoms with Crippen molar-refractivity contribution in [2.24, 2.45) is 5.92 Å². The third-order valence-corrected chi connectivity index (χ3v) is 5.19. The molecule has 0 bridgehead atoms. The molecule has 3 aromatic rings. The van der Waals surface area contributed by atoms with Crippen molar-refractivity contribution in [3.05, 3.63) is 70.9 Å². The Bertz CT molecular complexity index is 921. The molecule has 4 nitrogen and oxygen atoms in total. The highest BCUT2D eigenvalue weighted by atomic mass is 16.1. The normalized spacial score (nSPS) is 12.3. The average Bonchev–Trinajstić information content (AvgIpc) is 3.18. The number of pyridine rings is 1. The highest BCUT2D eigenvalue weighted by Gasteiger charge is 2.06. The van der Waals surface area contributed by atoms with Crippen molar-refractivity contribution in [2.75, 3.05) is 0 Å². The van der Waals surface area contributed by atoms with Crippen molar-refractivity contribution in [2.45, 2.75) is 53.0 Å². The van der Waals surface area contributed by atoms with Crippen molar-refractivity contribution in [3.63, 3.8) is 0 Å². The summed E-state index contributed by atoms with van der Waals surface area (Å²) in [4.78, 5) is 11.9. The highest BCUT2D eigenvalue weighted by molar-refractivity contribution is 5.62. The summed E-state index contributed by atoms with van der Waals surface area (Å²) in [5, 5.41) is 4.49. The number of benzene rings is 1. The van der Waals surface area contributed by atoms with Crippen LogP contribution >= 0.6 is 0 Å². The van der Waals surface area contributed by atoms with E-state index in [1.165, 1.54) is 18.4 Å². The highest BCUT2D eigenvalue weighted by Crippen LogP contribution is 2.21. The van der Waals surface area contributed by atoms with E-state index >= 15 is 0 Å². The molecule has 0 saturated carbocycles. The molecule has 3 rings (SSSR count). The largest absolute Gasteiger partial charge is 0.313 e. The van der Waals surface area contributed by atoms with Crippen LogP contribution in [0.1, 0.15) is 45.6 Å². The second kappa shape index (κ2) is 8.85. The van der Waals surface area contributed by atoms with Gasteiger partial charge in [0.2, 0.25) is 0 Å². The summed E-state index contributed by atoms with van der Waals surface area (Å²) in [6, 6.07) is 12.2. The topological polar surface area (TPSA) is 39.8 Å². The van der Waals surface area contributed by atoms with Crippen LogP contribution in [0.4, 0.5) is 0 Å². The maximum absolute atomic E-state index is 11.9. The molecule has 1 aromatic carbocycles. The molecular weight excluding hydrogens is 334 g/mol. The molecular formula is C23H29N3O. The molecule has 0 saturated heterocycles. The summed E-state index contributed by atoms with van der Waals surface area (Å²) in [5.74, 6) is 0.777. The molecule has 0 aliphatic carbocycles. The standard InChI is InChI=1S/C23H29N3O/c1-4-14-25-17-22(12-13-23(25)27)26-16-21(15-24-26)20-10-8-19(9-11-20)7-6-18(3)5-2/h8-13,15-18H,4-7,14H2,1-3H3. The third-order valence-electron chi connectivity index (χ3n) is 5.19. The second-order valence-corrected chi connectivity index (χ2v) is 7.34. The molecule has 0 spiro atoms. The van der Waals surface area contributed by atoms with Gasteiger partial charge in [0, 0.05) is 30.6 Å². The first-order valence-electron chi connectivity index (χ1n) is 9.95. The Morgan fingerprint density at radius 1 is 1.00 bits per heavy atom. The summed E-state index contributed by atoms with van der Waals surface area (Å²) < 4.78 is 3.57. The van der Waals surface area contributed by atoms with Gasteiger partial charge in [-0.25, -0.2) is 4.68 Å². The zero-order valence-electron chi connectivity index (χ0n) is 16.6. The molecule has 1 unspecified atom stereocenters. The molecule has 1 atom stereocenters. The molecule has 0 N–H and O–H groups in total. The summed E-state index contributed by atoms with van der Waals surface area (Å²) in [6.45, 7) is 7.35. The number of hydrogen-bond acceptors (Lipinski definition) is 2.